The van der Waals surface area contributed by atoms with Gasteiger partial charge >= 0.3 is 0 Å². The molecule has 0 radical (unpaired) electrons. The molecule has 4 heteroatoms. The predicted molar refractivity (Wildman–Crippen MR) is 75.6 cm³/mol. The van der Waals surface area contributed by atoms with E-state index in [-0.39, 0.29) is 12.3 Å². The number of amides is 1. The van der Waals surface area contributed by atoms with Crippen LogP contribution in [0.4, 0.5) is 5.69 Å². The zero-order valence-corrected chi connectivity index (χ0v) is 10.9. The van der Waals surface area contributed by atoms with E-state index in [1.807, 2.05) is 6.07 Å². The molecule has 0 atom stereocenters. The Kier molecular flexibility index (Phi) is 4.31. The number of benzene rings is 2. The predicted octanol–water partition coefficient (Wildman–Crippen LogP) is 3.19. The Balaban J connectivity index is 2.16. The van der Waals surface area contributed by atoms with E-state index in [4.69, 9.17) is 11.6 Å². The minimum atomic E-state index is -0.118. The van der Waals surface area contributed by atoms with Crippen LogP contribution < -0.4 is 4.90 Å². The first-order valence-corrected chi connectivity index (χ1v) is 6.14. The van der Waals surface area contributed by atoms with Gasteiger partial charge in [0.05, 0.1) is 6.54 Å². The van der Waals surface area contributed by atoms with Gasteiger partial charge in [0.1, 0.15) is 0 Å². The highest BCUT2D eigenvalue weighted by Gasteiger charge is 2.12. The minimum absolute atomic E-state index is 0.00610. The molecule has 0 aliphatic carbocycles. The summed E-state index contributed by atoms with van der Waals surface area (Å²) in [6, 6.07) is 15.7. The lowest BCUT2D eigenvalue weighted by molar-refractivity contribution is -0.107. The van der Waals surface area contributed by atoms with Crippen molar-refractivity contribution in [2.45, 2.75) is 0 Å². The summed E-state index contributed by atoms with van der Waals surface area (Å²) in [5.41, 5.74) is 1.18. The van der Waals surface area contributed by atoms with Crippen molar-refractivity contribution in [2.24, 2.45) is 0 Å². The first-order valence-electron chi connectivity index (χ1n) is 5.76. The number of nitrogens with zero attached hydrogens (tertiary/aromatic N) is 1. The molecule has 2 aromatic rings. The smallest absolute Gasteiger partial charge is 0.214 e. The van der Waals surface area contributed by atoms with E-state index < -0.39 is 0 Å². The van der Waals surface area contributed by atoms with E-state index in [1.165, 1.54) is 4.90 Å². The topological polar surface area (TPSA) is 37.4 Å². The Hall–Kier alpha value is -2.13. The van der Waals surface area contributed by atoms with Gasteiger partial charge in [-0.25, -0.2) is 0 Å². The van der Waals surface area contributed by atoms with Crippen LogP contribution in [0.15, 0.2) is 54.6 Å². The number of ketones is 1. The molecule has 0 aromatic heterocycles. The molecule has 0 aliphatic heterocycles. The summed E-state index contributed by atoms with van der Waals surface area (Å²) in [6.07, 6.45) is 0.631. The van der Waals surface area contributed by atoms with E-state index in [9.17, 15) is 9.59 Å². The molecule has 0 heterocycles. The van der Waals surface area contributed by atoms with Crippen molar-refractivity contribution in [1.29, 1.82) is 0 Å². The van der Waals surface area contributed by atoms with Gasteiger partial charge in [0.2, 0.25) is 6.41 Å². The Bertz CT molecular complexity index is 584. The highest BCUT2D eigenvalue weighted by Crippen LogP contribution is 2.18. The van der Waals surface area contributed by atoms with Gasteiger partial charge in [-0.3, -0.25) is 9.59 Å². The van der Waals surface area contributed by atoms with Gasteiger partial charge in [-0.2, -0.15) is 0 Å². The van der Waals surface area contributed by atoms with Crippen LogP contribution in [0.25, 0.3) is 0 Å². The Labute approximate surface area is 116 Å². The van der Waals surface area contributed by atoms with Crippen molar-refractivity contribution in [1.82, 2.24) is 0 Å². The van der Waals surface area contributed by atoms with Crippen molar-refractivity contribution >= 4 is 29.5 Å². The molecule has 0 aliphatic rings. The molecule has 0 spiro atoms. The van der Waals surface area contributed by atoms with Crippen LogP contribution in [-0.4, -0.2) is 18.7 Å². The third-order valence-corrected chi connectivity index (χ3v) is 2.91. The summed E-state index contributed by atoms with van der Waals surface area (Å²) in [5.74, 6) is -0.118. The third kappa shape index (κ3) is 3.42. The average molecular weight is 274 g/mol. The maximum absolute atomic E-state index is 12.0. The normalized spacial score (nSPS) is 9.95. The fourth-order valence-corrected chi connectivity index (χ4v) is 1.90. The largest absolute Gasteiger partial charge is 0.307 e. The molecule has 2 rings (SSSR count). The summed E-state index contributed by atoms with van der Waals surface area (Å²) in [6.45, 7) is -0.00610. The van der Waals surface area contributed by atoms with Crippen molar-refractivity contribution < 1.29 is 9.59 Å². The zero-order chi connectivity index (χ0) is 13.7. The molecule has 1 amide bonds. The molecule has 19 heavy (non-hydrogen) atoms. The summed E-state index contributed by atoms with van der Waals surface area (Å²) < 4.78 is 0. The number of halogens is 1. The minimum Gasteiger partial charge on any atom is -0.307 e. The van der Waals surface area contributed by atoms with E-state index >= 15 is 0 Å². The number of Topliss-reactive ketones (excluding diaryl/α,β-unsaturated/α-hetero) is 1. The van der Waals surface area contributed by atoms with Gasteiger partial charge in [0, 0.05) is 16.3 Å². The molecule has 0 saturated heterocycles. The van der Waals surface area contributed by atoms with Crippen LogP contribution in [-0.2, 0) is 4.79 Å². The van der Waals surface area contributed by atoms with Crippen molar-refractivity contribution in [2.75, 3.05) is 11.4 Å². The van der Waals surface area contributed by atoms with Crippen molar-refractivity contribution in [3.8, 4) is 0 Å². The summed E-state index contributed by atoms with van der Waals surface area (Å²) in [7, 11) is 0. The fourth-order valence-electron chi connectivity index (χ4n) is 1.71. The molecule has 0 saturated carbocycles. The van der Waals surface area contributed by atoms with Gasteiger partial charge in [-0.1, -0.05) is 48.0 Å². The fraction of sp³-hybridized carbons (Fsp3) is 0.0667. The standard InChI is InChI=1S/C15H12ClNO2/c16-13-7-4-8-14(9-13)17(11-18)10-15(19)12-5-2-1-3-6-12/h1-9,11H,10H2. The summed E-state index contributed by atoms with van der Waals surface area (Å²) in [4.78, 5) is 24.5. The molecule has 0 N–H and O–H groups in total. The van der Waals surface area contributed by atoms with Crippen LogP contribution in [0.3, 0.4) is 0 Å². The molecule has 96 valence electrons. The van der Waals surface area contributed by atoms with Gasteiger partial charge in [0.25, 0.3) is 0 Å². The first-order chi connectivity index (χ1) is 9.20. The second kappa shape index (κ2) is 6.16. The summed E-state index contributed by atoms with van der Waals surface area (Å²) in [5, 5.41) is 0.525. The molecule has 3 nitrogen and oxygen atoms in total. The highest BCUT2D eigenvalue weighted by atomic mass is 35.5. The number of hydrogen-bond donors (Lipinski definition) is 0. The van der Waals surface area contributed by atoms with Gasteiger partial charge in [-0.15, -0.1) is 0 Å². The van der Waals surface area contributed by atoms with Crippen molar-refractivity contribution in [3.05, 3.63) is 65.2 Å². The van der Waals surface area contributed by atoms with Crippen LogP contribution >= 0.6 is 11.6 Å². The lowest BCUT2D eigenvalue weighted by Crippen LogP contribution is -2.28. The molecular weight excluding hydrogens is 262 g/mol. The van der Waals surface area contributed by atoms with Gasteiger partial charge in [-0.05, 0) is 18.2 Å². The van der Waals surface area contributed by atoms with E-state index in [0.717, 1.165) is 0 Å². The number of carbonyl (C=O) groups excluding carboxylic acids is 2. The summed E-state index contributed by atoms with van der Waals surface area (Å²) >= 11 is 5.87. The Morgan fingerprint density at radius 3 is 2.47 bits per heavy atom. The van der Waals surface area contributed by atoms with Gasteiger partial charge in [0.15, 0.2) is 5.78 Å². The van der Waals surface area contributed by atoms with Crippen molar-refractivity contribution in [3.63, 3.8) is 0 Å². The van der Waals surface area contributed by atoms with Crippen LogP contribution in [0.2, 0.25) is 5.02 Å². The van der Waals surface area contributed by atoms with E-state index in [2.05, 4.69) is 0 Å². The van der Waals surface area contributed by atoms with Crippen LogP contribution in [0, 0.1) is 0 Å². The Morgan fingerprint density at radius 2 is 1.84 bits per heavy atom. The number of rotatable bonds is 5. The van der Waals surface area contributed by atoms with E-state index in [0.29, 0.717) is 22.7 Å². The monoisotopic (exact) mass is 273 g/mol. The van der Waals surface area contributed by atoms with Crippen LogP contribution in [0.1, 0.15) is 10.4 Å². The number of carbonyl (C=O) groups is 2. The lowest BCUT2D eigenvalue weighted by Gasteiger charge is -2.16. The molecule has 0 unspecified atom stereocenters. The third-order valence-electron chi connectivity index (χ3n) is 2.68. The molecule has 2 aromatic carbocycles. The highest BCUT2D eigenvalue weighted by molar-refractivity contribution is 6.30. The second-order valence-corrected chi connectivity index (χ2v) is 4.44. The Morgan fingerprint density at radius 1 is 1.11 bits per heavy atom. The molecular formula is C15H12ClNO2. The molecule has 0 fully saturated rings. The number of hydrogen-bond acceptors (Lipinski definition) is 2. The number of anilines is 1. The SMILES string of the molecule is O=CN(CC(=O)c1ccccc1)c1cccc(Cl)c1. The molecule has 0 bridgehead atoms. The quantitative estimate of drug-likeness (QED) is 0.620. The maximum atomic E-state index is 12.0. The lowest BCUT2D eigenvalue weighted by atomic mass is 10.1. The first kappa shape index (κ1) is 13.3. The van der Waals surface area contributed by atoms with Gasteiger partial charge < -0.3 is 4.90 Å². The van der Waals surface area contributed by atoms with Crippen LogP contribution in [0.5, 0.6) is 0 Å². The second-order valence-electron chi connectivity index (χ2n) is 4.00. The average Bonchev–Trinajstić information content (AvgIpc) is 2.45. The zero-order valence-electron chi connectivity index (χ0n) is 10.1. The van der Waals surface area contributed by atoms with E-state index in [1.54, 1.807) is 48.5 Å². The maximum Gasteiger partial charge on any atom is 0.214 e.